The molecule has 0 aromatic carbocycles. The molecule has 8 heteroatoms. The van der Waals surface area contributed by atoms with E-state index < -0.39 is 6.10 Å². The number of hydrazone groups is 1. The maximum absolute atomic E-state index is 12.8. The molecular weight excluding hydrogens is 474 g/mol. The Balaban J connectivity index is 1.42. The van der Waals surface area contributed by atoms with Gasteiger partial charge in [0.1, 0.15) is 0 Å². The van der Waals surface area contributed by atoms with Gasteiger partial charge in [-0.3, -0.25) is 9.80 Å². The third kappa shape index (κ3) is 3.42. The van der Waals surface area contributed by atoms with E-state index in [0.29, 0.717) is 18.3 Å². The fourth-order valence-electron chi connectivity index (χ4n) is 9.55. The van der Waals surface area contributed by atoms with Gasteiger partial charge >= 0.3 is 0 Å². The predicted octanol–water partition coefficient (Wildman–Crippen LogP) is 3.11. The lowest BCUT2D eigenvalue weighted by atomic mass is 9.42. The Hall–Kier alpha value is -0.830. The standard InChI is InChI=1S/C28H45N3O4S/c1-15-6-7-21-26(3,4)24(30-31-8-10-34-11-9-31)20(36)14-28(21)27(15,5)13-18-19(32)12-17-22(23(18)35-28)16(2)29-25(17)33/h15-23,32,36H,6-14H2,1-5H3,(H,29,33). The van der Waals surface area contributed by atoms with Crippen molar-refractivity contribution in [1.82, 2.24) is 10.3 Å². The van der Waals surface area contributed by atoms with Crippen LogP contribution >= 0.6 is 12.6 Å². The van der Waals surface area contributed by atoms with Gasteiger partial charge in [0.05, 0.1) is 49.8 Å². The molecule has 1 spiro atoms. The second kappa shape index (κ2) is 8.59. The van der Waals surface area contributed by atoms with Crippen LogP contribution in [0.4, 0.5) is 0 Å². The largest absolute Gasteiger partial charge is 0.393 e. The summed E-state index contributed by atoms with van der Waals surface area (Å²) in [6.07, 6.45) is 4.01. The number of nitrogens with zero attached hydrogens (tertiary/aromatic N) is 2. The fraction of sp³-hybridized carbons (Fsp3) is 0.929. The molecule has 2 N–H and O–H groups in total. The van der Waals surface area contributed by atoms with Gasteiger partial charge in [0.15, 0.2) is 0 Å². The maximum Gasteiger partial charge on any atom is 0.223 e. The Morgan fingerprint density at radius 1 is 1.14 bits per heavy atom. The molecule has 6 fully saturated rings. The SMILES string of the molecule is CC1NC(=O)C2CC(O)C3CC4(C)C(C)CCC5C(C)(C)C(=NN6CCOCC6)C(S)CC54OC3C12. The topological polar surface area (TPSA) is 83.4 Å². The van der Waals surface area contributed by atoms with Crippen LogP contribution in [-0.2, 0) is 14.3 Å². The van der Waals surface area contributed by atoms with Crippen LogP contribution in [0.3, 0.4) is 0 Å². The van der Waals surface area contributed by atoms with E-state index in [4.69, 9.17) is 27.2 Å². The minimum Gasteiger partial charge on any atom is -0.393 e. The van der Waals surface area contributed by atoms with E-state index in [1.165, 1.54) is 5.71 Å². The summed E-state index contributed by atoms with van der Waals surface area (Å²) < 4.78 is 13.1. The highest BCUT2D eigenvalue weighted by atomic mass is 32.1. The van der Waals surface area contributed by atoms with Crippen molar-refractivity contribution in [3.63, 3.8) is 0 Å². The van der Waals surface area contributed by atoms with E-state index in [1.807, 2.05) is 0 Å². The second-order valence-corrected chi connectivity index (χ2v) is 14.2. The number of rotatable bonds is 1. The molecule has 1 amide bonds. The van der Waals surface area contributed by atoms with Crippen LogP contribution < -0.4 is 5.32 Å². The number of fused-ring (bicyclic) bond motifs is 3. The quantitative estimate of drug-likeness (QED) is 0.464. The predicted molar refractivity (Wildman–Crippen MR) is 142 cm³/mol. The first-order valence-corrected chi connectivity index (χ1v) is 14.8. The molecule has 6 rings (SSSR count). The number of morpholine rings is 1. The van der Waals surface area contributed by atoms with Crippen molar-refractivity contribution in [1.29, 1.82) is 0 Å². The Morgan fingerprint density at radius 2 is 1.86 bits per heavy atom. The monoisotopic (exact) mass is 519 g/mol. The fourth-order valence-corrected chi connectivity index (χ4v) is 10.2. The molecule has 3 aliphatic carbocycles. The lowest BCUT2D eigenvalue weighted by molar-refractivity contribution is -0.319. The van der Waals surface area contributed by atoms with Crippen LogP contribution in [0.5, 0.6) is 0 Å². The van der Waals surface area contributed by atoms with Crippen LogP contribution in [-0.4, -0.2) is 77.1 Å². The maximum atomic E-state index is 12.8. The average molecular weight is 520 g/mol. The number of aliphatic hydroxyl groups is 1. The normalized spacial score (nSPS) is 53.2. The van der Waals surface area contributed by atoms with Crippen LogP contribution in [0.1, 0.15) is 66.7 Å². The van der Waals surface area contributed by atoms with E-state index in [9.17, 15) is 9.90 Å². The van der Waals surface area contributed by atoms with Gasteiger partial charge in [0.25, 0.3) is 0 Å². The Kier molecular flexibility index (Phi) is 6.07. The number of thiol groups is 1. The second-order valence-electron chi connectivity index (χ2n) is 13.6. The summed E-state index contributed by atoms with van der Waals surface area (Å²) >= 11 is 5.22. The minimum absolute atomic E-state index is 0.00494. The van der Waals surface area contributed by atoms with Crippen LogP contribution in [0, 0.1) is 40.4 Å². The first-order valence-electron chi connectivity index (χ1n) is 14.3. The van der Waals surface area contributed by atoms with Crippen molar-refractivity contribution in [3.05, 3.63) is 0 Å². The first kappa shape index (κ1) is 25.4. The van der Waals surface area contributed by atoms with E-state index in [0.717, 1.165) is 52.0 Å². The lowest BCUT2D eigenvalue weighted by Gasteiger charge is -2.70. The average Bonchev–Trinajstić information content (AvgIpc) is 3.10. The first-order chi connectivity index (χ1) is 17.0. The third-order valence-corrected chi connectivity index (χ3v) is 12.1. The van der Waals surface area contributed by atoms with Gasteiger partial charge in [0.2, 0.25) is 5.91 Å². The molecule has 3 saturated heterocycles. The van der Waals surface area contributed by atoms with Crippen molar-refractivity contribution in [2.45, 2.75) is 95.8 Å². The summed E-state index contributed by atoms with van der Waals surface area (Å²) in [6.45, 7) is 14.7. The number of carbonyl (C=O) groups excluding carboxylic acids is 1. The van der Waals surface area contributed by atoms with E-state index in [2.05, 4.69) is 44.9 Å². The molecular formula is C28H45N3O4S. The van der Waals surface area contributed by atoms with E-state index in [1.54, 1.807) is 0 Å². The molecule has 11 atom stereocenters. The smallest absolute Gasteiger partial charge is 0.223 e. The molecule has 3 aliphatic heterocycles. The molecule has 7 nitrogen and oxygen atoms in total. The molecule has 202 valence electrons. The van der Waals surface area contributed by atoms with Crippen LogP contribution in [0.25, 0.3) is 0 Å². The summed E-state index contributed by atoms with van der Waals surface area (Å²) in [7, 11) is 0. The molecule has 0 bridgehead atoms. The summed E-state index contributed by atoms with van der Waals surface area (Å²) in [5.74, 6) is 0.931. The Morgan fingerprint density at radius 3 is 2.58 bits per heavy atom. The summed E-state index contributed by atoms with van der Waals surface area (Å²) in [5.41, 5.74) is 0.601. The third-order valence-electron chi connectivity index (χ3n) is 11.6. The zero-order valence-electron chi connectivity index (χ0n) is 22.6. The number of carbonyl (C=O) groups is 1. The zero-order chi connectivity index (χ0) is 25.6. The molecule has 3 saturated carbocycles. The number of nitrogens with one attached hydrogen (secondary N) is 1. The lowest BCUT2D eigenvalue weighted by Crippen LogP contribution is -2.74. The van der Waals surface area contributed by atoms with Gasteiger partial charge in [-0.1, -0.05) is 27.7 Å². The van der Waals surface area contributed by atoms with Gasteiger partial charge in [-0.15, -0.1) is 0 Å². The zero-order valence-corrected chi connectivity index (χ0v) is 23.5. The van der Waals surface area contributed by atoms with Crippen molar-refractivity contribution < 1.29 is 19.4 Å². The van der Waals surface area contributed by atoms with Crippen molar-refractivity contribution in [3.8, 4) is 0 Å². The van der Waals surface area contributed by atoms with Crippen LogP contribution in [0.2, 0.25) is 0 Å². The number of hydrogen-bond acceptors (Lipinski definition) is 7. The molecule has 3 heterocycles. The summed E-state index contributed by atoms with van der Waals surface area (Å²) in [4.78, 5) is 12.8. The van der Waals surface area contributed by atoms with Crippen LogP contribution in [0.15, 0.2) is 5.10 Å². The highest BCUT2D eigenvalue weighted by Gasteiger charge is 2.71. The van der Waals surface area contributed by atoms with Crippen molar-refractivity contribution >= 4 is 24.2 Å². The molecule has 0 aromatic rings. The van der Waals surface area contributed by atoms with Crippen molar-refractivity contribution in [2.75, 3.05) is 26.3 Å². The molecule has 0 aromatic heterocycles. The highest BCUT2D eigenvalue weighted by Crippen LogP contribution is 2.68. The molecule has 36 heavy (non-hydrogen) atoms. The highest BCUT2D eigenvalue weighted by molar-refractivity contribution is 7.81. The number of amides is 1. The minimum atomic E-state index is -0.490. The van der Waals surface area contributed by atoms with E-state index in [-0.39, 0.29) is 57.5 Å². The summed E-state index contributed by atoms with van der Waals surface area (Å²) in [5, 5.41) is 21.9. The number of hydrogen-bond donors (Lipinski definition) is 3. The van der Waals surface area contributed by atoms with Gasteiger partial charge in [-0.05, 0) is 56.3 Å². The molecule has 11 unspecified atom stereocenters. The Labute approximate surface area is 221 Å². The number of aliphatic hydroxyl groups excluding tert-OH is 1. The van der Waals surface area contributed by atoms with Gasteiger partial charge in [-0.2, -0.15) is 17.7 Å². The van der Waals surface area contributed by atoms with Gasteiger partial charge in [0, 0.05) is 34.5 Å². The van der Waals surface area contributed by atoms with Gasteiger partial charge in [-0.25, -0.2) is 0 Å². The molecule has 6 aliphatic rings. The summed E-state index contributed by atoms with van der Waals surface area (Å²) in [6, 6.07) is 0.0737. The number of ether oxygens (including phenoxy) is 2. The van der Waals surface area contributed by atoms with Crippen molar-refractivity contribution in [2.24, 2.45) is 45.5 Å². The Bertz CT molecular complexity index is 938. The molecule has 0 radical (unpaired) electrons. The van der Waals surface area contributed by atoms with Gasteiger partial charge < -0.3 is 19.9 Å². The van der Waals surface area contributed by atoms with E-state index >= 15 is 0 Å².